The van der Waals surface area contributed by atoms with Crippen molar-refractivity contribution in [1.82, 2.24) is 10.2 Å². The number of benzene rings is 1. The molecule has 1 saturated carbocycles. The number of urea groups is 1. The second kappa shape index (κ2) is 5.65. The fraction of sp³-hybridized carbons (Fsp3) is 0.375. The summed E-state index contributed by atoms with van der Waals surface area (Å²) in [5, 5.41) is 3.39. The molecule has 1 aromatic carbocycles. The predicted octanol–water partition coefficient (Wildman–Crippen LogP) is 3.02. The van der Waals surface area contributed by atoms with Crippen LogP contribution in [0.1, 0.15) is 31.4 Å². The largest absolute Gasteiger partial charge is 0.466 e. The maximum absolute atomic E-state index is 12.4. The Kier molecular flexibility index (Phi) is 3.83. The number of allylic oxidation sites excluding steroid dienone is 1. The average Bonchev–Trinajstić information content (AvgIpc) is 3.31. The van der Waals surface area contributed by atoms with Crippen molar-refractivity contribution >= 4 is 23.6 Å². The highest BCUT2D eigenvalue weighted by Crippen LogP contribution is 2.39. The molecule has 0 unspecified atom stereocenters. The summed E-state index contributed by atoms with van der Waals surface area (Å²) in [6, 6.07) is 6.55. The first-order chi connectivity index (χ1) is 10.5. The first-order valence-electron chi connectivity index (χ1n) is 7.17. The summed E-state index contributed by atoms with van der Waals surface area (Å²) in [6.45, 7) is 1.78. The zero-order valence-corrected chi connectivity index (χ0v) is 13.2. The lowest BCUT2D eigenvalue weighted by molar-refractivity contribution is -0.136. The van der Waals surface area contributed by atoms with Crippen LogP contribution in [0.15, 0.2) is 35.5 Å². The van der Waals surface area contributed by atoms with Crippen LogP contribution in [0.25, 0.3) is 0 Å². The monoisotopic (exact) mass is 320 g/mol. The number of halogens is 1. The molecule has 1 atom stereocenters. The second-order valence-corrected chi connectivity index (χ2v) is 5.90. The molecule has 1 aromatic rings. The van der Waals surface area contributed by atoms with E-state index in [4.69, 9.17) is 16.3 Å². The molecule has 0 radical (unpaired) electrons. The number of hydrogen-bond donors (Lipinski definition) is 1. The summed E-state index contributed by atoms with van der Waals surface area (Å²) >= 11 is 6.24. The number of rotatable bonds is 3. The molecule has 1 heterocycles. The van der Waals surface area contributed by atoms with E-state index in [0.717, 1.165) is 12.8 Å². The average molecular weight is 321 g/mol. The molecule has 0 aromatic heterocycles. The second-order valence-electron chi connectivity index (χ2n) is 5.50. The Morgan fingerprint density at radius 3 is 2.64 bits per heavy atom. The Bertz CT molecular complexity index is 667. The molecular formula is C16H17ClN2O3. The van der Waals surface area contributed by atoms with E-state index in [1.165, 1.54) is 7.11 Å². The number of nitrogens with zero attached hydrogens (tertiary/aromatic N) is 1. The number of ether oxygens (including phenoxy) is 1. The van der Waals surface area contributed by atoms with Crippen molar-refractivity contribution in [1.29, 1.82) is 0 Å². The molecule has 5 nitrogen and oxygen atoms in total. The van der Waals surface area contributed by atoms with Crippen LogP contribution in [-0.2, 0) is 9.53 Å². The standard InChI is InChI=1S/C16H17ClN2O3/c1-9-13(15(20)22-2)14(11-5-3-4-6-12(11)17)18-16(21)19(9)10-7-8-10/h3-6,10,14H,7-8H2,1-2H3,(H,18,21)/t14-/m1/s1. The van der Waals surface area contributed by atoms with E-state index < -0.39 is 12.0 Å². The lowest BCUT2D eigenvalue weighted by atomic mass is 9.95. The topological polar surface area (TPSA) is 58.6 Å². The predicted molar refractivity (Wildman–Crippen MR) is 82.3 cm³/mol. The van der Waals surface area contributed by atoms with E-state index in [1.807, 2.05) is 6.07 Å². The summed E-state index contributed by atoms with van der Waals surface area (Å²) in [5.41, 5.74) is 1.76. The smallest absolute Gasteiger partial charge is 0.337 e. The third-order valence-corrected chi connectivity index (χ3v) is 4.40. The van der Waals surface area contributed by atoms with Gasteiger partial charge in [0.15, 0.2) is 0 Å². The van der Waals surface area contributed by atoms with Crippen LogP contribution in [0.3, 0.4) is 0 Å². The molecule has 116 valence electrons. The summed E-state index contributed by atoms with van der Waals surface area (Å²) in [6.07, 6.45) is 1.91. The molecule has 22 heavy (non-hydrogen) atoms. The number of carbonyl (C=O) groups is 2. The van der Waals surface area contributed by atoms with E-state index in [2.05, 4.69) is 5.32 Å². The minimum Gasteiger partial charge on any atom is -0.466 e. The molecule has 6 heteroatoms. The van der Waals surface area contributed by atoms with Gasteiger partial charge in [0.25, 0.3) is 0 Å². The lowest BCUT2D eigenvalue weighted by Gasteiger charge is -2.35. The van der Waals surface area contributed by atoms with Crippen molar-refractivity contribution in [2.75, 3.05) is 7.11 Å². The molecular weight excluding hydrogens is 304 g/mol. The summed E-state index contributed by atoms with van der Waals surface area (Å²) in [7, 11) is 1.34. The van der Waals surface area contributed by atoms with Crippen molar-refractivity contribution in [3.05, 3.63) is 46.1 Å². The first kappa shape index (κ1) is 14.9. The van der Waals surface area contributed by atoms with Crippen LogP contribution in [0.4, 0.5) is 4.79 Å². The minimum absolute atomic E-state index is 0.173. The van der Waals surface area contributed by atoms with Gasteiger partial charge in [-0.2, -0.15) is 0 Å². The van der Waals surface area contributed by atoms with Gasteiger partial charge >= 0.3 is 12.0 Å². The van der Waals surface area contributed by atoms with Crippen molar-refractivity contribution < 1.29 is 14.3 Å². The molecule has 1 fully saturated rings. The Hall–Kier alpha value is -2.01. The van der Waals surface area contributed by atoms with E-state index >= 15 is 0 Å². The van der Waals surface area contributed by atoms with Gasteiger partial charge in [-0.3, -0.25) is 4.90 Å². The fourth-order valence-corrected chi connectivity index (χ4v) is 3.09. The molecule has 0 spiro atoms. The first-order valence-corrected chi connectivity index (χ1v) is 7.55. The maximum Gasteiger partial charge on any atom is 0.337 e. The van der Waals surface area contributed by atoms with E-state index in [-0.39, 0.29) is 12.1 Å². The van der Waals surface area contributed by atoms with Crippen LogP contribution >= 0.6 is 11.6 Å². The Morgan fingerprint density at radius 2 is 2.05 bits per heavy atom. The highest BCUT2D eigenvalue weighted by molar-refractivity contribution is 6.31. The molecule has 1 aliphatic heterocycles. The SMILES string of the molecule is COC(=O)C1=C(C)N(C2CC2)C(=O)N[C@@H]1c1ccccc1Cl. The van der Waals surface area contributed by atoms with Gasteiger partial charge < -0.3 is 10.1 Å². The van der Waals surface area contributed by atoms with Gasteiger partial charge in [0, 0.05) is 16.8 Å². The minimum atomic E-state index is -0.594. The number of esters is 1. The Labute approximate surface area is 133 Å². The molecule has 3 rings (SSSR count). The highest BCUT2D eigenvalue weighted by Gasteiger charge is 2.42. The van der Waals surface area contributed by atoms with Gasteiger partial charge in [-0.25, -0.2) is 9.59 Å². The van der Waals surface area contributed by atoms with E-state index in [1.54, 1.807) is 30.0 Å². The number of methoxy groups -OCH3 is 1. The lowest BCUT2D eigenvalue weighted by Crippen LogP contribution is -2.48. The summed E-state index contributed by atoms with van der Waals surface area (Å²) < 4.78 is 4.92. The van der Waals surface area contributed by atoms with Crippen molar-refractivity contribution in [3.63, 3.8) is 0 Å². The third kappa shape index (κ3) is 2.46. The molecule has 2 aliphatic rings. The van der Waals surface area contributed by atoms with Crippen LogP contribution in [-0.4, -0.2) is 30.1 Å². The normalized spacial score (nSPS) is 21.7. The maximum atomic E-state index is 12.4. The molecule has 2 amide bonds. The van der Waals surface area contributed by atoms with Crippen molar-refractivity contribution in [2.45, 2.75) is 31.8 Å². The van der Waals surface area contributed by atoms with E-state index in [0.29, 0.717) is 21.9 Å². The molecule has 0 bridgehead atoms. The number of amides is 2. The zero-order valence-electron chi connectivity index (χ0n) is 12.4. The Morgan fingerprint density at radius 1 is 1.36 bits per heavy atom. The highest BCUT2D eigenvalue weighted by atomic mass is 35.5. The number of nitrogens with one attached hydrogen (secondary N) is 1. The van der Waals surface area contributed by atoms with Gasteiger partial charge in [0.1, 0.15) is 0 Å². The summed E-state index contributed by atoms with van der Waals surface area (Å²) in [4.78, 5) is 26.3. The Balaban J connectivity index is 2.11. The third-order valence-electron chi connectivity index (χ3n) is 4.06. The van der Waals surface area contributed by atoms with Gasteiger partial charge in [-0.1, -0.05) is 29.8 Å². The fourth-order valence-electron chi connectivity index (χ4n) is 2.85. The van der Waals surface area contributed by atoms with Gasteiger partial charge in [0.05, 0.1) is 18.7 Å². The van der Waals surface area contributed by atoms with Crippen LogP contribution < -0.4 is 5.32 Å². The van der Waals surface area contributed by atoms with E-state index in [9.17, 15) is 9.59 Å². The van der Waals surface area contributed by atoms with Crippen molar-refractivity contribution in [3.8, 4) is 0 Å². The molecule has 1 N–H and O–H groups in total. The van der Waals surface area contributed by atoms with Crippen LogP contribution in [0, 0.1) is 0 Å². The van der Waals surface area contributed by atoms with Crippen molar-refractivity contribution in [2.24, 2.45) is 0 Å². The summed E-state index contributed by atoms with van der Waals surface area (Å²) in [5.74, 6) is -0.451. The quantitative estimate of drug-likeness (QED) is 0.871. The molecule has 0 saturated heterocycles. The number of hydrogen-bond acceptors (Lipinski definition) is 3. The van der Waals surface area contributed by atoms with Gasteiger partial charge in [0.2, 0.25) is 0 Å². The van der Waals surface area contributed by atoms with Gasteiger partial charge in [-0.15, -0.1) is 0 Å². The molecule has 1 aliphatic carbocycles. The van der Waals surface area contributed by atoms with Crippen LogP contribution in [0.2, 0.25) is 5.02 Å². The zero-order chi connectivity index (χ0) is 15.9. The van der Waals surface area contributed by atoms with Crippen LogP contribution in [0.5, 0.6) is 0 Å². The van der Waals surface area contributed by atoms with Gasteiger partial charge in [-0.05, 0) is 31.4 Å². The number of carbonyl (C=O) groups excluding carboxylic acids is 2.